The summed E-state index contributed by atoms with van der Waals surface area (Å²) >= 11 is 0. The van der Waals surface area contributed by atoms with Gasteiger partial charge in [0.05, 0.1) is 24.4 Å². The van der Waals surface area contributed by atoms with Crippen LogP contribution >= 0.6 is 0 Å². The number of hydrogen-bond acceptors (Lipinski definition) is 4. The first-order chi connectivity index (χ1) is 11.0. The first-order valence-corrected chi connectivity index (χ1v) is 7.61. The van der Waals surface area contributed by atoms with Gasteiger partial charge in [-0.3, -0.25) is 9.59 Å². The summed E-state index contributed by atoms with van der Waals surface area (Å²) in [5.74, 6) is -0.374. The predicted octanol–water partition coefficient (Wildman–Crippen LogP) is 0.992. The van der Waals surface area contributed by atoms with Crippen molar-refractivity contribution >= 4 is 23.5 Å². The van der Waals surface area contributed by atoms with Gasteiger partial charge >= 0.3 is 6.03 Å². The molecular weight excluding hydrogens is 298 g/mol. The number of nitrogens with one attached hydrogen (secondary N) is 1. The number of hydrogen-bond donors (Lipinski definition) is 1. The predicted molar refractivity (Wildman–Crippen MR) is 83.2 cm³/mol. The second-order valence-corrected chi connectivity index (χ2v) is 5.90. The summed E-state index contributed by atoms with van der Waals surface area (Å²) in [4.78, 5) is 38.7. The van der Waals surface area contributed by atoms with E-state index in [0.29, 0.717) is 24.3 Å². The Hall–Kier alpha value is -2.41. The third-order valence-corrected chi connectivity index (χ3v) is 3.92. The van der Waals surface area contributed by atoms with Crippen molar-refractivity contribution in [2.75, 3.05) is 24.5 Å². The smallest absolute Gasteiger partial charge is 0.329 e. The van der Waals surface area contributed by atoms with Crippen LogP contribution < -0.4 is 10.2 Å². The summed E-state index contributed by atoms with van der Waals surface area (Å²) in [5.41, 5.74) is 0.993. The van der Waals surface area contributed by atoms with Gasteiger partial charge < -0.3 is 15.0 Å². The lowest BCUT2D eigenvalue weighted by Gasteiger charge is -2.35. The number of amides is 4. The molecule has 0 radical (unpaired) electrons. The van der Waals surface area contributed by atoms with Crippen molar-refractivity contribution < 1.29 is 19.1 Å². The number of nitrogens with zero attached hydrogens (tertiary/aromatic N) is 2. The van der Waals surface area contributed by atoms with Crippen LogP contribution in [0.25, 0.3) is 0 Å². The normalized spacial score (nSPS) is 24.8. The standard InChI is InChI=1S/C16H19N3O4/c1-10-8-18(9-11(2)23-10)15(21)12-3-5-13(6-4-12)19-14(20)7-17-16(19)22/h3-6,10-11H,7-9H2,1-2H3,(H,17,22)/t10-,11+. The van der Waals surface area contributed by atoms with Crippen molar-refractivity contribution in [1.82, 2.24) is 10.2 Å². The molecule has 2 atom stereocenters. The number of carbonyl (C=O) groups is 3. The fourth-order valence-electron chi connectivity index (χ4n) is 2.96. The largest absolute Gasteiger partial charge is 0.372 e. The SMILES string of the molecule is C[C@@H]1CN(C(=O)c2ccc(N3C(=O)CNC3=O)cc2)C[C@H](C)O1. The van der Waals surface area contributed by atoms with E-state index in [1.807, 2.05) is 13.8 Å². The molecule has 2 aliphatic rings. The van der Waals surface area contributed by atoms with Crippen molar-refractivity contribution in [2.45, 2.75) is 26.1 Å². The molecule has 2 saturated heterocycles. The minimum Gasteiger partial charge on any atom is -0.372 e. The van der Waals surface area contributed by atoms with E-state index >= 15 is 0 Å². The van der Waals surface area contributed by atoms with Crippen LogP contribution in [-0.4, -0.2) is 54.6 Å². The van der Waals surface area contributed by atoms with Crippen molar-refractivity contribution in [3.8, 4) is 0 Å². The van der Waals surface area contributed by atoms with Gasteiger partial charge in [-0.25, -0.2) is 9.69 Å². The first-order valence-electron chi connectivity index (χ1n) is 7.61. The Kier molecular flexibility index (Phi) is 4.04. The zero-order valence-electron chi connectivity index (χ0n) is 13.1. The van der Waals surface area contributed by atoms with Gasteiger partial charge in [0.2, 0.25) is 0 Å². The molecule has 0 aliphatic carbocycles. The van der Waals surface area contributed by atoms with Crippen LogP contribution in [0.15, 0.2) is 24.3 Å². The van der Waals surface area contributed by atoms with Gasteiger partial charge in [-0.15, -0.1) is 0 Å². The number of urea groups is 1. The fraction of sp³-hybridized carbons (Fsp3) is 0.438. The average molecular weight is 317 g/mol. The van der Waals surface area contributed by atoms with E-state index in [2.05, 4.69) is 5.32 Å². The second kappa shape index (κ2) is 6.00. The Labute approximate surface area is 134 Å². The molecule has 4 amide bonds. The molecule has 1 N–H and O–H groups in total. The number of benzene rings is 1. The van der Waals surface area contributed by atoms with Gasteiger partial charge in [-0.1, -0.05) is 0 Å². The van der Waals surface area contributed by atoms with Crippen LogP contribution in [0.3, 0.4) is 0 Å². The summed E-state index contributed by atoms with van der Waals surface area (Å²) in [6.45, 7) is 4.99. The Morgan fingerprint density at radius 3 is 2.26 bits per heavy atom. The van der Waals surface area contributed by atoms with Gasteiger partial charge in [-0.2, -0.15) is 0 Å². The van der Waals surface area contributed by atoms with Crippen LogP contribution in [0.4, 0.5) is 10.5 Å². The summed E-state index contributed by atoms with van der Waals surface area (Å²) < 4.78 is 5.63. The Morgan fingerprint density at radius 2 is 1.74 bits per heavy atom. The molecule has 2 fully saturated rings. The monoisotopic (exact) mass is 317 g/mol. The van der Waals surface area contributed by atoms with E-state index in [9.17, 15) is 14.4 Å². The molecule has 2 heterocycles. The maximum Gasteiger partial charge on any atom is 0.329 e. The van der Waals surface area contributed by atoms with Crippen molar-refractivity contribution in [2.24, 2.45) is 0 Å². The molecule has 7 heteroatoms. The van der Waals surface area contributed by atoms with Gasteiger partial charge in [0, 0.05) is 18.7 Å². The highest BCUT2D eigenvalue weighted by Crippen LogP contribution is 2.20. The van der Waals surface area contributed by atoms with Gasteiger partial charge in [-0.05, 0) is 38.1 Å². The quantitative estimate of drug-likeness (QED) is 0.825. The third-order valence-electron chi connectivity index (χ3n) is 3.92. The highest BCUT2D eigenvalue weighted by atomic mass is 16.5. The molecule has 23 heavy (non-hydrogen) atoms. The van der Waals surface area contributed by atoms with Crippen LogP contribution in [0.1, 0.15) is 24.2 Å². The highest BCUT2D eigenvalue weighted by molar-refractivity contribution is 6.19. The van der Waals surface area contributed by atoms with Crippen LogP contribution in [0.5, 0.6) is 0 Å². The lowest BCUT2D eigenvalue weighted by Crippen LogP contribution is -2.48. The van der Waals surface area contributed by atoms with Gasteiger partial charge in [0.1, 0.15) is 0 Å². The fourth-order valence-corrected chi connectivity index (χ4v) is 2.96. The minimum atomic E-state index is -0.440. The number of anilines is 1. The molecule has 3 rings (SSSR count). The molecule has 2 aliphatic heterocycles. The molecule has 1 aromatic carbocycles. The molecule has 122 valence electrons. The first kappa shape index (κ1) is 15.5. The zero-order chi connectivity index (χ0) is 16.6. The van der Waals surface area contributed by atoms with E-state index in [1.165, 1.54) is 0 Å². The number of ether oxygens (including phenoxy) is 1. The van der Waals surface area contributed by atoms with Gasteiger partial charge in [0.15, 0.2) is 0 Å². The average Bonchev–Trinajstić information content (AvgIpc) is 2.85. The number of carbonyl (C=O) groups excluding carboxylic acids is 3. The number of morpholine rings is 1. The molecule has 0 bridgehead atoms. The number of imide groups is 1. The van der Waals surface area contributed by atoms with Crippen molar-refractivity contribution in [3.05, 3.63) is 29.8 Å². The van der Waals surface area contributed by atoms with Crippen molar-refractivity contribution in [1.29, 1.82) is 0 Å². The third kappa shape index (κ3) is 3.05. The topological polar surface area (TPSA) is 79.0 Å². The maximum absolute atomic E-state index is 12.6. The number of rotatable bonds is 2. The van der Waals surface area contributed by atoms with Crippen LogP contribution in [0, 0.1) is 0 Å². The summed E-state index contributed by atoms with van der Waals surface area (Å²) in [6.07, 6.45) is 0.0146. The molecule has 0 aromatic heterocycles. The van der Waals surface area contributed by atoms with E-state index < -0.39 is 6.03 Å². The summed E-state index contributed by atoms with van der Waals surface area (Å²) in [6, 6.07) is 6.07. The van der Waals surface area contributed by atoms with E-state index in [0.717, 1.165) is 4.90 Å². The van der Waals surface area contributed by atoms with Crippen molar-refractivity contribution in [3.63, 3.8) is 0 Å². The molecule has 0 spiro atoms. The second-order valence-electron chi connectivity index (χ2n) is 5.90. The van der Waals surface area contributed by atoms with E-state index in [4.69, 9.17) is 4.74 Å². The zero-order valence-corrected chi connectivity index (χ0v) is 13.1. The minimum absolute atomic E-state index is 0.00305. The highest BCUT2D eigenvalue weighted by Gasteiger charge is 2.30. The maximum atomic E-state index is 12.6. The lowest BCUT2D eigenvalue weighted by molar-refractivity contribution is -0.115. The Morgan fingerprint density at radius 1 is 1.13 bits per heavy atom. The van der Waals surface area contributed by atoms with Crippen LogP contribution in [-0.2, 0) is 9.53 Å². The molecular formula is C16H19N3O4. The van der Waals surface area contributed by atoms with Gasteiger partial charge in [0.25, 0.3) is 11.8 Å². The molecule has 7 nitrogen and oxygen atoms in total. The summed E-state index contributed by atoms with van der Waals surface area (Å²) in [5, 5.41) is 2.47. The Bertz CT molecular complexity index is 617. The van der Waals surface area contributed by atoms with Crippen LogP contribution in [0.2, 0.25) is 0 Å². The summed E-state index contributed by atoms with van der Waals surface area (Å²) in [7, 11) is 0. The molecule has 0 saturated carbocycles. The van der Waals surface area contributed by atoms with E-state index in [-0.39, 0.29) is 30.6 Å². The lowest BCUT2D eigenvalue weighted by atomic mass is 10.1. The molecule has 1 aromatic rings. The Balaban J connectivity index is 1.75. The molecule has 0 unspecified atom stereocenters. The van der Waals surface area contributed by atoms with E-state index in [1.54, 1.807) is 29.2 Å².